The van der Waals surface area contributed by atoms with E-state index in [0.29, 0.717) is 5.56 Å². The van der Waals surface area contributed by atoms with Crippen LogP contribution in [0.15, 0.2) is 34.8 Å². The molecule has 0 saturated carbocycles. The third kappa shape index (κ3) is 3.33. The second-order valence-corrected chi connectivity index (χ2v) is 6.43. The second-order valence-electron chi connectivity index (χ2n) is 5.57. The summed E-state index contributed by atoms with van der Waals surface area (Å²) in [5.41, 5.74) is 1.32. The maximum Gasteiger partial charge on any atom is 0.143 e. The fraction of sp³-hybridized carbons (Fsp3) is 0.294. The summed E-state index contributed by atoms with van der Waals surface area (Å²) in [5, 5.41) is 10.6. The number of hydrogen-bond donors (Lipinski definition) is 1. The lowest BCUT2D eigenvalue weighted by atomic mass is 9.87. The lowest BCUT2D eigenvalue weighted by Gasteiger charge is -2.25. The van der Waals surface area contributed by atoms with Crippen molar-refractivity contribution in [3.05, 3.63) is 68.7 Å². The molecule has 112 valence electrons. The Morgan fingerprint density at radius 1 is 1.10 bits per heavy atom. The number of benzene rings is 2. The molecule has 2 rings (SSSR count). The SMILES string of the molecule is Cc1ccc(C(C)(O)Cc2c(F)ccc(Br)c2F)cc1C. The third-order valence-electron chi connectivity index (χ3n) is 3.79. The topological polar surface area (TPSA) is 20.2 Å². The Kier molecular flexibility index (Phi) is 4.49. The van der Waals surface area contributed by atoms with Crippen molar-refractivity contribution < 1.29 is 13.9 Å². The molecule has 0 bridgehead atoms. The van der Waals surface area contributed by atoms with Gasteiger partial charge >= 0.3 is 0 Å². The maximum atomic E-state index is 14.1. The van der Waals surface area contributed by atoms with E-state index in [1.807, 2.05) is 26.0 Å². The highest BCUT2D eigenvalue weighted by Crippen LogP contribution is 2.31. The molecule has 21 heavy (non-hydrogen) atoms. The second kappa shape index (κ2) is 5.85. The minimum Gasteiger partial charge on any atom is -0.385 e. The summed E-state index contributed by atoms with van der Waals surface area (Å²) < 4.78 is 28.1. The van der Waals surface area contributed by atoms with Crippen molar-refractivity contribution in [2.75, 3.05) is 0 Å². The summed E-state index contributed by atoms with van der Waals surface area (Å²) in [7, 11) is 0. The van der Waals surface area contributed by atoms with E-state index in [2.05, 4.69) is 15.9 Å². The molecule has 0 amide bonds. The van der Waals surface area contributed by atoms with Crippen molar-refractivity contribution in [1.29, 1.82) is 0 Å². The van der Waals surface area contributed by atoms with Gasteiger partial charge in [-0.05, 0) is 65.5 Å². The molecule has 1 atom stereocenters. The Hall–Kier alpha value is -1.26. The first-order valence-electron chi connectivity index (χ1n) is 6.65. The van der Waals surface area contributed by atoms with Gasteiger partial charge in [-0.25, -0.2) is 8.78 Å². The van der Waals surface area contributed by atoms with Gasteiger partial charge in [0, 0.05) is 12.0 Å². The van der Waals surface area contributed by atoms with E-state index in [-0.39, 0.29) is 16.5 Å². The van der Waals surface area contributed by atoms with Crippen LogP contribution in [0.1, 0.15) is 29.2 Å². The van der Waals surface area contributed by atoms with E-state index in [0.717, 1.165) is 11.1 Å². The minimum absolute atomic E-state index is 0.118. The Bertz CT molecular complexity index is 681. The maximum absolute atomic E-state index is 14.1. The molecule has 0 radical (unpaired) electrons. The molecule has 1 N–H and O–H groups in total. The summed E-state index contributed by atoms with van der Waals surface area (Å²) in [6.07, 6.45) is -0.132. The van der Waals surface area contributed by atoms with Crippen LogP contribution in [0.5, 0.6) is 0 Å². The highest BCUT2D eigenvalue weighted by atomic mass is 79.9. The molecule has 0 heterocycles. The van der Waals surface area contributed by atoms with E-state index in [4.69, 9.17) is 0 Å². The highest BCUT2D eigenvalue weighted by molar-refractivity contribution is 9.10. The average Bonchev–Trinajstić information content (AvgIpc) is 2.42. The van der Waals surface area contributed by atoms with Crippen LogP contribution in [0.2, 0.25) is 0 Å². The summed E-state index contributed by atoms with van der Waals surface area (Å²) >= 11 is 3.04. The molecule has 0 aliphatic carbocycles. The minimum atomic E-state index is -1.35. The number of aryl methyl sites for hydroxylation is 2. The zero-order chi connectivity index (χ0) is 15.8. The van der Waals surface area contributed by atoms with Gasteiger partial charge in [-0.3, -0.25) is 0 Å². The summed E-state index contributed by atoms with van der Waals surface area (Å²) in [6.45, 7) is 5.48. The Morgan fingerprint density at radius 2 is 1.76 bits per heavy atom. The molecular weight excluding hydrogens is 338 g/mol. The molecule has 2 aromatic carbocycles. The van der Waals surface area contributed by atoms with Crippen molar-refractivity contribution in [1.82, 2.24) is 0 Å². The van der Waals surface area contributed by atoms with Crippen LogP contribution in [-0.4, -0.2) is 5.11 Å². The largest absolute Gasteiger partial charge is 0.385 e. The number of rotatable bonds is 3. The molecule has 4 heteroatoms. The summed E-state index contributed by atoms with van der Waals surface area (Å²) in [6, 6.07) is 8.05. The Labute approximate surface area is 131 Å². The van der Waals surface area contributed by atoms with Crippen molar-refractivity contribution in [3.63, 3.8) is 0 Å². The van der Waals surface area contributed by atoms with Crippen LogP contribution in [0.4, 0.5) is 8.78 Å². The molecule has 1 nitrogen and oxygen atoms in total. The van der Waals surface area contributed by atoms with Crippen LogP contribution >= 0.6 is 15.9 Å². The van der Waals surface area contributed by atoms with Crippen LogP contribution in [0.25, 0.3) is 0 Å². The Morgan fingerprint density at radius 3 is 2.38 bits per heavy atom. The standard InChI is InChI=1S/C17H17BrF2O/c1-10-4-5-12(8-11(10)2)17(3,21)9-13-15(19)7-6-14(18)16(13)20/h4-8,21H,9H2,1-3H3. The van der Waals surface area contributed by atoms with E-state index in [1.165, 1.54) is 12.1 Å². The fourth-order valence-electron chi connectivity index (χ4n) is 2.25. The van der Waals surface area contributed by atoms with Crippen molar-refractivity contribution in [2.24, 2.45) is 0 Å². The van der Waals surface area contributed by atoms with Crippen LogP contribution in [-0.2, 0) is 12.0 Å². The van der Waals surface area contributed by atoms with E-state index >= 15 is 0 Å². The van der Waals surface area contributed by atoms with Crippen LogP contribution in [0.3, 0.4) is 0 Å². The molecule has 1 unspecified atom stereocenters. The molecule has 0 aliphatic heterocycles. The first-order chi connectivity index (χ1) is 9.72. The molecule has 0 fully saturated rings. The molecule has 0 saturated heterocycles. The monoisotopic (exact) mass is 354 g/mol. The molecule has 0 spiro atoms. The molecule has 2 aromatic rings. The quantitative estimate of drug-likeness (QED) is 0.785. The van der Waals surface area contributed by atoms with Crippen molar-refractivity contribution in [2.45, 2.75) is 32.8 Å². The van der Waals surface area contributed by atoms with Crippen LogP contribution in [0, 0.1) is 25.5 Å². The fourth-order valence-corrected chi connectivity index (χ4v) is 2.63. The van der Waals surface area contributed by atoms with Crippen molar-refractivity contribution in [3.8, 4) is 0 Å². The van der Waals surface area contributed by atoms with Gasteiger partial charge in [0.15, 0.2) is 0 Å². The molecular formula is C17H17BrF2O. The van der Waals surface area contributed by atoms with Gasteiger partial charge in [-0.1, -0.05) is 18.2 Å². The van der Waals surface area contributed by atoms with E-state index in [9.17, 15) is 13.9 Å². The van der Waals surface area contributed by atoms with Gasteiger partial charge in [-0.15, -0.1) is 0 Å². The van der Waals surface area contributed by atoms with Crippen LogP contribution < -0.4 is 0 Å². The van der Waals surface area contributed by atoms with Gasteiger partial charge in [0.2, 0.25) is 0 Å². The zero-order valence-electron chi connectivity index (χ0n) is 12.2. The molecule has 0 aromatic heterocycles. The van der Waals surface area contributed by atoms with Gasteiger partial charge in [0.1, 0.15) is 11.6 Å². The predicted octanol–water partition coefficient (Wildman–Crippen LogP) is 4.79. The number of hydrogen-bond acceptors (Lipinski definition) is 1. The molecule has 0 aliphatic rings. The zero-order valence-corrected chi connectivity index (χ0v) is 13.8. The summed E-state index contributed by atoms with van der Waals surface area (Å²) in [4.78, 5) is 0. The smallest absolute Gasteiger partial charge is 0.143 e. The lowest BCUT2D eigenvalue weighted by Crippen LogP contribution is -2.25. The van der Waals surface area contributed by atoms with Gasteiger partial charge in [0.05, 0.1) is 10.1 Å². The third-order valence-corrected chi connectivity index (χ3v) is 4.40. The van der Waals surface area contributed by atoms with Gasteiger partial charge in [-0.2, -0.15) is 0 Å². The number of aliphatic hydroxyl groups is 1. The Balaban J connectivity index is 2.41. The normalized spacial score (nSPS) is 14.0. The summed E-state index contributed by atoms with van der Waals surface area (Å²) in [5.74, 6) is -1.32. The first-order valence-corrected chi connectivity index (χ1v) is 7.44. The van der Waals surface area contributed by atoms with Gasteiger partial charge in [0.25, 0.3) is 0 Å². The lowest BCUT2D eigenvalue weighted by molar-refractivity contribution is 0.0556. The van der Waals surface area contributed by atoms with E-state index < -0.39 is 17.2 Å². The van der Waals surface area contributed by atoms with Crippen molar-refractivity contribution >= 4 is 15.9 Å². The highest BCUT2D eigenvalue weighted by Gasteiger charge is 2.27. The first kappa shape index (κ1) is 16.1. The number of halogens is 3. The predicted molar refractivity (Wildman–Crippen MR) is 83.2 cm³/mol. The van der Waals surface area contributed by atoms with Gasteiger partial charge < -0.3 is 5.11 Å². The van der Waals surface area contributed by atoms with E-state index in [1.54, 1.807) is 13.0 Å². The average molecular weight is 355 g/mol.